The van der Waals surface area contributed by atoms with Gasteiger partial charge in [-0.05, 0) is 142 Å². The topological polar surface area (TPSA) is 308 Å². The van der Waals surface area contributed by atoms with E-state index < -0.39 is 29.1 Å². The second-order valence-electron chi connectivity index (χ2n) is 26.7. The van der Waals surface area contributed by atoms with E-state index in [0.29, 0.717) is 73.8 Å². The van der Waals surface area contributed by atoms with Gasteiger partial charge in [0.2, 0.25) is 20.0 Å². The number of hydrogen-bond donors (Lipinski definition) is 9. The van der Waals surface area contributed by atoms with Crippen molar-refractivity contribution < 1.29 is 44.9 Å². The predicted octanol–water partition coefficient (Wildman–Crippen LogP) is 15.6. The summed E-state index contributed by atoms with van der Waals surface area (Å²) in [7, 11) is -5.20. The summed E-state index contributed by atoms with van der Waals surface area (Å²) in [5, 5.41) is 41.3. The average molecular weight is 1660 g/mol. The molecule has 3 saturated heterocycles. The van der Waals surface area contributed by atoms with Gasteiger partial charge in [-0.3, -0.25) is 19.9 Å². The van der Waals surface area contributed by atoms with E-state index in [1.807, 2.05) is 166 Å². The number of benzene rings is 10. The fourth-order valence-electron chi connectivity index (χ4n) is 12.3. The van der Waals surface area contributed by atoms with Gasteiger partial charge < -0.3 is 57.3 Å². The zero-order valence-corrected chi connectivity index (χ0v) is 68.7. The lowest BCUT2D eigenvalue weighted by Gasteiger charge is -2.33. The van der Waals surface area contributed by atoms with Gasteiger partial charge in [0.15, 0.2) is 0 Å². The van der Waals surface area contributed by atoms with Gasteiger partial charge in [0.25, 0.3) is 9.05 Å². The third-order valence-corrected chi connectivity index (χ3v) is 23.3. The van der Waals surface area contributed by atoms with Crippen molar-refractivity contribution in [1.29, 1.82) is 0 Å². The van der Waals surface area contributed by atoms with E-state index in [0.717, 1.165) is 141 Å². The van der Waals surface area contributed by atoms with Gasteiger partial charge in [0.05, 0.1) is 37.1 Å². The molecule has 3 aliphatic rings. The Morgan fingerprint density at radius 1 is 0.397 bits per heavy atom. The molecule has 3 aliphatic heterocycles. The Balaban J connectivity index is 0.000000154. The van der Waals surface area contributed by atoms with Crippen LogP contribution in [0.25, 0.3) is 32.7 Å². The molecule has 13 aromatic rings. The van der Waals surface area contributed by atoms with Crippen LogP contribution < -0.4 is 47.1 Å². The lowest BCUT2D eigenvalue weighted by molar-refractivity contribution is 0.159. The summed E-state index contributed by atoms with van der Waals surface area (Å²) < 4.78 is 85.7. The first-order valence-electron chi connectivity index (χ1n) is 37.8. The van der Waals surface area contributed by atoms with E-state index in [-0.39, 0.29) is 16.4 Å². The number of aryl methyl sites for hydroxylation is 3. The lowest BCUT2D eigenvalue weighted by atomic mass is 10.1. The summed E-state index contributed by atoms with van der Waals surface area (Å²) in [6.45, 7) is 17.2. The number of phenols is 2. The Hall–Kier alpha value is -11.0. The number of sulfonamides is 2. The minimum atomic E-state index is -3.53. The van der Waals surface area contributed by atoms with Crippen LogP contribution in [0.2, 0.25) is 0 Å². The molecule has 0 amide bonds. The maximum atomic E-state index is 12.8. The van der Waals surface area contributed by atoms with E-state index in [2.05, 4.69) is 70.0 Å². The van der Waals surface area contributed by atoms with Crippen LogP contribution in [0.3, 0.4) is 0 Å². The molecule has 28 heteroatoms. The van der Waals surface area contributed by atoms with Crippen LogP contribution in [0, 0.1) is 20.8 Å². The quantitative estimate of drug-likeness (QED) is 0.0219. The Morgan fingerprint density at radius 2 is 0.750 bits per heavy atom. The fraction of sp³-hybridized carbons (Fsp3) is 0.216. The molecule has 0 bridgehead atoms. The molecule has 3 fully saturated rings. The summed E-state index contributed by atoms with van der Waals surface area (Å²) >= 11 is 5.66. The van der Waals surface area contributed by atoms with Gasteiger partial charge in [0, 0.05) is 193 Å². The number of pyridine rings is 3. The normalized spacial score (nSPS) is 13.7. The molecule has 116 heavy (non-hydrogen) atoms. The number of halogens is 2. The van der Waals surface area contributed by atoms with Gasteiger partial charge in [-0.1, -0.05) is 133 Å². The number of nitrogen functional groups attached to an aromatic ring is 1. The smallest absolute Gasteiger partial charge is 0.261 e. The van der Waals surface area contributed by atoms with E-state index in [1.165, 1.54) is 22.5 Å². The largest absolute Gasteiger partial charge is 0.508 e. The van der Waals surface area contributed by atoms with Crippen molar-refractivity contribution in [3.63, 3.8) is 0 Å². The lowest BCUT2D eigenvalue weighted by Crippen LogP contribution is -2.49. The number of para-hydroxylation sites is 3. The molecule has 16 rings (SSSR count). The van der Waals surface area contributed by atoms with Gasteiger partial charge in [-0.2, -0.15) is 8.61 Å². The van der Waals surface area contributed by atoms with Crippen LogP contribution in [0.15, 0.2) is 294 Å². The van der Waals surface area contributed by atoms with Crippen LogP contribution in [0.5, 0.6) is 23.0 Å². The summed E-state index contributed by atoms with van der Waals surface area (Å²) in [6, 6.07) is 84.8. The standard InChI is InChI=1S/C28H30N4O3S.C18H17ClN2O.C16H14N2O.C10H14N2O2S.C6H5ClO2S.C6H7NO.C4H10N2/c1-22-20-28(26-12-5-6-13-27(26)29-22)30-23-8-7-9-24(21-23)35-19-18-31-14-16-32(17-15-31)36(33,34)25-10-3-2-4-11-25;1-13-11-18(16-7-2-3-8-17(16)20-13)21-14-5-4-6-15(12-14)22-10-9-19;1-11-9-16(14-7-2-3-8-15(14)17-11)18-12-5-4-6-13(19)10-12;13-15(14,10-4-2-1-3-5-10)12-8-6-11-7-9-12;7-10(8,9)6-4-2-1-3-5-6;7-5-2-1-3-6(8)4-5;1-2-6-4-3-5-1/h2-13,20-21H,14-19H2,1H3,(H,29,30);2-8,11-12H,9-10H2,1H3,(H,20,21);2-10,19H,1H3,(H,17,18);1-5,11H,6-9H2;1-5H;1-4,8H,7H2;5-6H,1-4H2. The van der Waals surface area contributed by atoms with Crippen molar-refractivity contribution in [2.75, 3.05) is 126 Å². The number of phenolic OH excluding ortho intramolecular Hbond substituents is 2. The van der Waals surface area contributed by atoms with Gasteiger partial charge in [0.1, 0.15) is 36.2 Å². The molecule has 0 spiro atoms. The number of rotatable bonds is 18. The van der Waals surface area contributed by atoms with Crippen LogP contribution in [0.1, 0.15) is 17.1 Å². The molecular weight excluding hydrogens is 1570 g/mol. The molecule has 0 atom stereocenters. The number of nitrogens with one attached hydrogen (secondary N) is 6. The van der Waals surface area contributed by atoms with Gasteiger partial charge >= 0.3 is 0 Å². The minimum Gasteiger partial charge on any atom is -0.508 e. The van der Waals surface area contributed by atoms with Crippen LogP contribution >= 0.6 is 22.3 Å². The predicted molar refractivity (Wildman–Crippen MR) is 469 cm³/mol. The molecule has 0 aliphatic carbocycles. The van der Waals surface area contributed by atoms with E-state index in [1.54, 1.807) is 101 Å². The number of hydrogen-bond acceptors (Lipinski definition) is 21. The molecule has 3 aromatic heterocycles. The maximum absolute atomic E-state index is 12.8. The number of aromatic nitrogens is 3. The second-order valence-corrected chi connectivity index (χ2v) is 33.5. The zero-order valence-electron chi connectivity index (χ0n) is 64.8. The molecule has 0 radical (unpaired) electrons. The van der Waals surface area contributed by atoms with Crippen LogP contribution in [-0.4, -0.2) is 168 Å². The molecule has 10 aromatic carbocycles. The highest BCUT2D eigenvalue weighted by molar-refractivity contribution is 8.13. The van der Waals surface area contributed by atoms with Crippen molar-refractivity contribution in [3.8, 4) is 23.0 Å². The van der Waals surface area contributed by atoms with Crippen molar-refractivity contribution in [2.45, 2.75) is 35.5 Å². The highest BCUT2D eigenvalue weighted by Crippen LogP contribution is 2.32. The second kappa shape index (κ2) is 44.2. The Kier molecular flexibility index (Phi) is 33.3. The molecule has 0 unspecified atom stereocenters. The van der Waals surface area contributed by atoms with Gasteiger partial charge in [-0.25, -0.2) is 25.3 Å². The molecular formula is C88H97Cl2N13O10S3. The summed E-state index contributed by atoms with van der Waals surface area (Å²) in [6.07, 6.45) is 0. The molecule has 0 saturated carbocycles. The monoisotopic (exact) mass is 1660 g/mol. The van der Waals surface area contributed by atoms with Crippen LogP contribution in [-0.2, 0) is 29.1 Å². The number of fused-ring (bicyclic) bond motifs is 3. The number of aromatic hydroxyl groups is 2. The number of ether oxygens (including phenoxy) is 2. The zero-order chi connectivity index (χ0) is 82.1. The molecule has 606 valence electrons. The Morgan fingerprint density at radius 3 is 1.12 bits per heavy atom. The molecule has 23 nitrogen and oxygen atoms in total. The van der Waals surface area contributed by atoms with Crippen molar-refractivity contribution >= 4 is 124 Å². The van der Waals surface area contributed by atoms with E-state index >= 15 is 0 Å². The molecule has 6 heterocycles. The number of nitrogens with zero attached hydrogens (tertiary/aromatic N) is 6. The van der Waals surface area contributed by atoms with Crippen molar-refractivity contribution in [2.24, 2.45) is 0 Å². The fourth-order valence-corrected chi connectivity index (χ4v) is 16.1. The first kappa shape index (κ1) is 87.4. The van der Waals surface area contributed by atoms with Gasteiger partial charge in [-0.15, -0.1) is 11.6 Å². The summed E-state index contributed by atoms with van der Waals surface area (Å²) in [4.78, 5) is 16.8. The summed E-state index contributed by atoms with van der Waals surface area (Å²) in [5.41, 5.74) is 17.5. The maximum Gasteiger partial charge on any atom is 0.261 e. The van der Waals surface area contributed by atoms with E-state index in [4.69, 9.17) is 42.6 Å². The SMILES string of the molecule is C1CNCCN1.Cc1cc(Nc2cccc(O)c2)c2ccccc2n1.Cc1cc(Nc2cccc(OCCCl)c2)c2ccccc2n1.Cc1cc(Nc2cccc(OCCN3CCN(S(=O)(=O)c4ccccc4)CC3)c2)c2ccccc2n1.Nc1cccc(O)c1.O=S(=O)(Cl)c1ccccc1.O=S(=O)(c1ccccc1)N1CCNCC1. The summed E-state index contributed by atoms with van der Waals surface area (Å²) in [5.74, 6) is 2.54. The van der Waals surface area contributed by atoms with Crippen molar-refractivity contribution in [3.05, 3.63) is 296 Å². The Bertz CT molecular complexity index is 5600. The van der Waals surface area contributed by atoms with E-state index in [9.17, 15) is 30.4 Å². The van der Waals surface area contributed by atoms with Crippen LogP contribution in [0.4, 0.5) is 39.8 Å². The first-order valence-corrected chi connectivity index (χ1v) is 43.5. The number of piperazine rings is 3. The highest BCUT2D eigenvalue weighted by Gasteiger charge is 2.29. The van der Waals surface area contributed by atoms with Crippen molar-refractivity contribution in [1.82, 2.24) is 44.4 Å². The highest BCUT2D eigenvalue weighted by atomic mass is 35.7. The number of alkyl halides is 1. The molecule has 10 N–H and O–H groups in total. The third kappa shape index (κ3) is 27.3. The third-order valence-electron chi connectivity index (χ3n) is 17.9. The first-order chi connectivity index (χ1) is 56.1. The Labute approximate surface area is 689 Å². The average Bonchev–Trinajstić information content (AvgIpc) is 0.825. The minimum absolute atomic E-state index is 0.136. The number of anilines is 7. The number of nitrogens with two attached hydrogens (primary N) is 1.